The van der Waals surface area contributed by atoms with Gasteiger partial charge < -0.3 is 0 Å². The molecule has 12 heavy (non-hydrogen) atoms. The van der Waals surface area contributed by atoms with E-state index in [1.807, 2.05) is 13.8 Å². The molecule has 0 amide bonds. The van der Waals surface area contributed by atoms with Gasteiger partial charge in [-0.2, -0.15) is 4.99 Å². The first-order chi connectivity index (χ1) is 5.65. The molecule has 0 saturated carbocycles. The van der Waals surface area contributed by atoms with Crippen molar-refractivity contribution in [2.75, 3.05) is 0 Å². The Hall–Kier alpha value is -0.250. The Morgan fingerprint density at radius 1 is 1.33 bits per heavy atom. The summed E-state index contributed by atoms with van der Waals surface area (Å²) in [4.78, 5) is 4.01. The molecule has 1 nitrogen and oxygen atoms in total. The maximum Gasteiger partial charge on any atom is 0.0798 e. The van der Waals surface area contributed by atoms with Crippen LogP contribution in [-0.4, -0.2) is 5.16 Å². The molecule has 0 unspecified atom stereocenters. The number of hydrogen-bond donors (Lipinski definition) is 0. The molecule has 1 aromatic rings. The highest BCUT2D eigenvalue weighted by Gasteiger charge is 2.01. The molecule has 0 heterocycles. The summed E-state index contributed by atoms with van der Waals surface area (Å²) in [5.41, 5.74) is 3.25. The number of isothiocyanates is 1. The lowest BCUT2D eigenvalue weighted by Gasteiger charge is -2.03. The minimum Gasteiger partial charge on any atom is -0.194 e. The number of hydrogen-bond acceptors (Lipinski definition) is 2. The van der Waals surface area contributed by atoms with E-state index in [2.05, 4.69) is 57.1 Å². The standard InChI is InChI=1S/C9H8INS/c1-6-3-8(10)4-7(2)9(6)11-5-12/h3-4H,1-2H3. The monoisotopic (exact) mass is 289 g/mol. The molecular formula is C9H8INS. The minimum absolute atomic E-state index is 0.949. The Labute approximate surface area is 91.0 Å². The van der Waals surface area contributed by atoms with E-state index in [0.29, 0.717) is 0 Å². The molecule has 0 atom stereocenters. The van der Waals surface area contributed by atoms with Gasteiger partial charge in [-0.3, -0.25) is 0 Å². The van der Waals surface area contributed by atoms with Crippen molar-refractivity contribution in [1.29, 1.82) is 0 Å². The molecule has 0 spiro atoms. The summed E-state index contributed by atoms with van der Waals surface area (Å²) in [6.45, 7) is 4.06. The van der Waals surface area contributed by atoms with Crippen molar-refractivity contribution >= 4 is 45.7 Å². The average molecular weight is 289 g/mol. The van der Waals surface area contributed by atoms with E-state index in [9.17, 15) is 0 Å². The second-order valence-electron chi connectivity index (χ2n) is 2.59. The van der Waals surface area contributed by atoms with Gasteiger partial charge in [-0.05, 0) is 71.9 Å². The normalized spacial score (nSPS) is 9.25. The van der Waals surface area contributed by atoms with Crippen LogP contribution >= 0.6 is 34.8 Å². The highest BCUT2D eigenvalue weighted by Crippen LogP contribution is 2.25. The summed E-state index contributed by atoms with van der Waals surface area (Å²) in [5, 5.41) is 2.39. The third-order valence-electron chi connectivity index (χ3n) is 1.61. The smallest absolute Gasteiger partial charge is 0.0798 e. The predicted octanol–water partition coefficient (Wildman–Crippen LogP) is 3.64. The lowest BCUT2D eigenvalue weighted by Crippen LogP contribution is -1.82. The molecule has 0 N–H and O–H groups in total. The summed E-state index contributed by atoms with van der Waals surface area (Å²) in [7, 11) is 0. The molecular weight excluding hydrogens is 281 g/mol. The van der Waals surface area contributed by atoms with Crippen molar-refractivity contribution in [3.8, 4) is 0 Å². The maximum absolute atomic E-state index is 4.57. The summed E-state index contributed by atoms with van der Waals surface area (Å²) in [6.07, 6.45) is 0. The van der Waals surface area contributed by atoms with Gasteiger partial charge in [0.05, 0.1) is 10.8 Å². The average Bonchev–Trinajstić information content (AvgIpc) is 1.96. The molecule has 0 aliphatic heterocycles. The molecule has 0 aliphatic carbocycles. The highest BCUT2D eigenvalue weighted by molar-refractivity contribution is 14.1. The van der Waals surface area contributed by atoms with Crippen molar-refractivity contribution in [2.45, 2.75) is 13.8 Å². The van der Waals surface area contributed by atoms with Crippen LogP contribution < -0.4 is 0 Å². The van der Waals surface area contributed by atoms with Crippen LogP contribution in [0.25, 0.3) is 0 Å². The van der Waals surface area contributed by atoms with Crippen molar-refractivity contribution in [3.63, 3.8) is 0 Å². The summed E-state index contributed by atoms with van der Waals surface area (Å²) in [5.74, 6) is 0. The first-order valence-electron chi connectivity index (χ1n) is 3.50. The van der Waals surface area contributed by atoms with Crippen molar-refractivity contribution < 1.29 is 0 Å². The lowest BCUT2D eigenvalue weighted by molar-refractivity contribution is 1.32. The van der Waals surface area contributed by atoms with Crippen LogP contribution in [-0.2, 0) is 0 Å². The molecule has 1 rings (SSSR count). The molecule has 0 aromatic heterocycles. The van der Waals surface area contributed by atoms with Gasteiger partial charge in [-0.1, -0.05) is 0 Å². The van der Waals surface area contributed by atoms with E-state index < -0.39 is 0 Å². The van der Waals surface area contributed by atoms with Crippen molar-refractivity contribution in [2.24, 2.45) is 4.99 Å². The summed E-state index contributed by atoms with van der Waals surface area (Å²) < 4.78 is 1.23. The largest absolute Gasteiger partial charge is 0.194 e. The third kappa shape index (κ3) is 2.12. The van der Waals surface area contributed by atoms with Gasteiger partial charge in [-0.25, -0.2) is 0 Å². The Bertz CT molecular complexity index is 331. The van der Waals surface area contributed by atoms with Gasteiger partial charge in [-0.15, -0.1) is 0 Å². The zero-order chi connectivity index (χ0) is 9.14. The second kappa shape index (κ2) is 4.12. The number of nitrogens with zero attached hydrogens (tertiary/aromatic N) is 1. The van der Waals surface area contributed by atoms with E-state index >= 15 is 0 Å². The molecule has 1 aromatic carbocycles. The van der Waals surface area contributed by atoms with Crippen LogP contribution in [0.15, 0.2) is 17.1 Å². The van der Waals surface area contributed by atoms with E-state index in [1.54, 1.807) is 0 Å². The number of halogens is 1. The van der Waals surface area contributed by atoms with Crippen LogP contribution in [0.3, 0.4) is 0 Å². The predicted molar refractivity (Wildman–Crippen MR) is 63.3 cm³/mol. The molecule has 62 valence electrons. The number of rotatable bonds is 1. The molecule has 0 saturated heterocycles. The van der Waals surface area contributed by atoms with Crippen molar-refractivity contribution in [1.82, 2.24) is 0 Å². The van der Waals surface area contributed by atoms with Gasteiger partial charge in [0.25, 0.3) is 0 Å². The third-order valence-corrected chi connectivity index (χ3v) is 2.33. The van der Waals surface area contributed by atoms with Crippen LogP contribution in [0.5, 0.6) is 0 Å². The van der Waals surface area contributed by atoms with E-state index in [0.717, 1.165) is 16.8 Å². The van der Waals surface area contributed by atoms with Gasteiger partial charge in [0.1, 0.15) is 0 Å². The minimum atomic E-state index is 0.949. The Kier molecular flexibility index (Phi) is 3.38. The molecule has 0 bridgehead atoms. The SMILES string of the molecule is Cc1cc(I)cc(C)c1N=C=S. The van der Waals surface area contributed by atoms with E-state index in [1.165, 1.54) is 3.57 Å². The van der Waals surface area contributed by atoms with Gasteiger partial charge in [0.2, 0.25) is 0 Å². The molecule has 0 radical (unpaired) electrons. The first-order valence-corrected chi connectivity index (χ1v) is 4.98. The van der Waals surface area contributed by atoms with Crippen LogP contribution in [0.2, 0.25) is 0 Å². The number of aliphatic imine (C=N–C) groups is 1. The molecule has 0 aliphatic rings. The van der Waals surface area contributed by atoms with Crippen LogP contribution in [0.4, 0.5) is 5.69 Å². The molecule has 3 heteroatoms. The maximum atomic E-state index is 4.57. The quantitative estimate of drug-likeness (QED) is 0.437. The van der Waals surface area contributed by atoms with E-state index in [4.69, 9.17) is 0 Å². The van der Waals surface area contributed by atoms with Crippen molar-refractivity contribution in [3.05, 3.63) is 26.8 Å². The fourth-order valence-electron chi connectivity index (χ4n) is 1.13. The fraction of sp³-hybridized carbons (Fsp3) is 0.222. The van der Waals surface area contributed by atoms with Gasteiger partial charge in [0, 0.05) is 3.57 Å². The van der Waals surface area contributed by atoms with Crippen LogP contribution in [0.1, 0.15) is 11.1 Å². The number of benzene rings is 1. The number of aryl methyl sites for hydroxylation is 2. The fourth-order valence-corrected chi connectivity index (χ4v) is 2.15. The topological polar surface area (TPSA) is 12.4 Å². The van der Waals surface area contributed by atoms with Crippen LogP contribution in [0, 0.1) is 17.4 Å². The Morgan fingerprint density at radius 2 is 1.83 bits per heavy atom. The zero-order valence-corrected chi connectivity index (χ0v) is 9.86. The Balaban J connectivity index is 3.37. The van der Waals surface area contributed by atoms with E-state index in [-0.39, 0.29) is 0 Å². The first kappa shape index (κ1) is 9.84. The Morgan fingerprint density at radius 3 is 2.25 bits per heavy atom. The zero-order valence-electron chi connectivity index (χ0n) is 6.89. The highest BCUT2D eigenvalue weighted by atomic mass is 127. The summed E-state index contributed by atoms with van der Waals surface area (Å²) in [6, 6.07) is 4.16. The summed E-state index contributed by atoms with van der Waals surface area (Å²) >= 11 is 6.86. The second-order valence-corrected chi connectivity index (χ2v) is 4.02. The van der Waals surface area contributed by atoms with Gasteiger partial charge >= 0.3 is 0 Å². The molecule has 0 fully saturated rings. The lowest BCUT2D eigenvalue weighted by atomic mass is 10.1. The number of thiocarbonyl (C=S) groups is 1. The van der Waals surface area contributed by atoms with Gasteiger partial charge in [0.15, 0.2) is 0 Å².